The van der Waals surface area contributed by atoms with Crippen LogP contribution in [0.15, 0.2) is 55.2 Å². The molecule has 4 rings (SSSR count). The molecule has 0 fully saturated rings. The zero-order valence-electron chi connectivity index (χ0n) is 12.0. The number of hydrogen-bond acceptors (Lipinski definition) is 5. The van der Waals surface area contributed by atoms with Gasteiger partial charge in [-0.15, -0.1) is 0 Å². The third-order valence-corrected chi connectivity index (χ3v) is 3.74. The number of fused-ring (bicyclic) bond motifs is 3. The van der Waals surface area contributed by atoms with Crippen molar-refractivity contribution in [1.29, 1.82) is 0 Å². The van der Waals surface area contributed by atoms with Crippen LogP contribution in [0.1, 0.15) is 5.56 Å². The monoisotopic (exact) mass is 290 g/mol. The van der Waals surface area contributed by atoms with Crippen molar-refractivity contribution in [2.24, 2.45) is 0 Å². The second-order valence-corrected chi connectivity index (χ2v) is 5.04. The molecule has 6 heteroatoms. The van der Waals surface area contributed by atoms with Gasteiger partial charge < -0.3 is 10.6 Å². The molecule has 3 heterocycles. The SMILES string of the molecule is Cc1c(N2C=CC=CC=C2)ccc2nc(N)n3ncnc3c12. The Labute approximate surface area is 126 Å². The van der Waals surface area contributed by atoms with E-state index in [0.717, 1.165) is 27.8 Å². The molecule has 2 N–H and O–H groups in total. The molecule has 0 spiro atoms. The van der Waals surface area contributed by atoms with Gasteiger partial charge >= 0.3 is 0 Å². The third-order valence-electron chi connectivity index (χ3n) is 3.74. The molecular formula is C16H14N6. The molecule has 0 aliphatic carbocycles. The van der Waals surface area contributed by atoms with Crippen LogP contribution >= 0.6 is 0 Å². The Balaban J connectivity index is 2.02. The average molecular weight is 290 g/mol. The average Bonchev–Trinajstić information content (AvgIpc) is 2.84. The molecule has 108 valence electrons. The molecule has 0 bridgehead atoms. The van der Waals surface area contributed by atoms with Crippen molar-refractivity contribution in [2.45, 2.75) is 6.92 Å². The van der Waals surface area contributed by atoms with Gasteiger partial charge in [-0.05, 0) is 36.8 Å². The number of anilines is 2. The number of benzene rings is 1. The van der Waals surface area contributed by atoms with Gasteiger partial charge in [0, 0.05) is 18.1 Å². The molecule has 22 heavy (non-hydrogen) atoms. The predicted molar refractivity (Wildman–Crippen MR) is 87.3 cm³/mol. The molecule has 1 aliphatic heterocycles. The van der Waals surface area contributed by atoms with E-state index in [9.17, 15) is 0 Å². The van der Waals surface area contributed by atoms with Crippen LogP contribution < -0.4 is 10.6 Å². The molecule has 2 aromatic heterocycles. The van der Waals surface area contributed by atoms with Crippen LogP contribution in [0.25, 0.3) is 16.6 Å². The smallest absolute Gasteiger partial charge is 0.223 e. The minimum atomic E-state index is 0.339. The van der Waals surface area contributed by atoms with E-state index >= 15 is 0 Å². The third kappa shape index (κ3) is 1.77. The summed E-state index contributed by atoms with van der Waals surface area (Å²) in [7, 11) is 0. The van der Waals surface area contributed by atoms with Gasteiger partial charge in [-0.3, -0.25) is 0 Å². The van der Waals surface area contributed by atoms with Gasteiger partial charge in [0.15, 0.2) is 5.65 Å². The largest absolute Gasteiger partial charge is 0.368 e. The molecule has 0 amide bonds. The first-order valence-electron chi connectivity index (χ1n) is 6.94. The van der Waals surface area contributed by atoms with Gasteiger partial charge in [-0.2, -0.15) is 9.61 Å². The van der Waals surface area contributed by atoms with Crippen LogP contribution in [-0.4, -0.2) is 19.6 Å². The van der Waals surface area contributed by atoms with E-state index < -0.39 is 0 Å². The maximum atomic E-state index is 5.93. The Hall–Kier alpha value is -3.15. The number of aromatic nitrogens is 4. The first-order chi connectivity index (χ1) is 10.8. The fourth-order valence-electron chi connectivity index (χ4n) is 2.72. The Kier molecular flexibility index (Phi) is 2.69. The number of nitrogen functional groups attached to an aromatic ring is 1. The van der Waals surface area contributed by atoms with E-state index in [-0.39, 0.29) is 0 Å². The zero-order valence-corrected chi connectivity index (χ0v) is 12.0. The minimum Gasteiger partial charge on any atom is -0.368 e. The van der Waals surface area contributed by atoms with Gasteiger partial charge in [-0.25, -0.2) is 9.97 Å². The highest BCUT2D eigenvalue weighted by Crippen LogP contribution is 2.31. The first kappa shape index (κ1) is 12.6. The van der Waals surface area contributed by atoms with E-state index in [1.165, 1.54) is 6.33 Å². The van der Waals surface area contributed by atoms with Crippen molar-refractivity contribution in [3.63, 3.8) is 0 Å². The molecule has 1 aliphatic rings. The first-order valence-corrected chi connectivity index (χ1v) is 6.94. The van der Waals surface area contributed by atoms with Crippen molar-refractivity contribution in [2.75, 3.05) is 10.6 Å². The predicted octanol–water partition coefficient (Wildman–Crippen LogP) is 2.57. The summed E-state index contributed by atoms with van der Waals surface area (Å²) in [4.78, 5) is 10.8. The second kappa shape index (κ2) is 4.70. The van der Waals surface area contributed by atoms with Crippen LogP contribution in [0, 0.1) is 6.92 Å². The lowest BCUT2D eigenvalue weighted by Crippen LogP contribution is -2.09. The lowest BCUT2D eigenvalue weighted by atomic mass is 10.1. The zero-order chi connectivity index (χ0) is 15.1. The van der Waals surface area contributed by atoms with Gasteiger partial charge in [0.1, 0.15) is 6.33 Å². The molecule has 1 aromatic carbocycles. The van der Waals surface area contributed by atoms with Gasteiger partial charge in [0.25, 0.3) is 0 Å². The summed E-state index contributed by atoms with van der Waals surface area (Å²) in [6.45, 7) is 2.06. The van der Waals surface area contributed by atoms with Crippen molar-refractivity contribution >= 4 is 28.2 Å². The summed E-state index contributed by atoms with van der Waals surface area (Å²) in [6.07, 6.45) is 13.5. The standard InChI is InChI=1S/C16H14N6/c1-11-13(21-8-4-2-3-5-9-21)7-6-12-14(11)15-18-10-19-22(15)16(17)20-12/h2-10H,1H3,(H2,17,20). The summed E-state index contributed by atoms with van der Waals surface area (Å²) in [5.74, 6) is 0.339. The van der Waals surface area contributed by atoms with Crippen molar-refractivity contribution in [3.05, 3.63) is 60.7 Å². The fourth-order valence-corrected chi connectivity index (χ4v) is 2.72. The van der Waals surface area contributed by atoms with Crippen LogP contribution in [0.4, 0.5) is 11.6 Å². The molecule has 0 atom stereocenters. The Morgan fingerprint density at radius 2 is 1.82 bits per heavy atom. The summed E-state index contributed by atoms with van der Waals surface area (Å²) in [6, 6.07) is 4.00. The van der Waals surface area contributed by atoms with Crippen LogP contribution in [0.5, 0.6) is 0 Å². The van der Waals surface area contributed by atoms with Gasteiger partial charge in [0.05, 0.1) is 10.9 Å². The number of aryl methyl sites for hydroxylation is 1. The molecule has 3 aromatic rings. The second-order valence-electron chi connectivity index (χ2n) is 5.04. The maximum Gasteiger partial charge on any atom is 0.223 e. The molecule has 0 saturated carbocycles. The summed E-state index contributed by atoms with van der Waals surface area (Å²) >= 11 is 0. The Morgan fingerprint density at radius 1 is 1.05 bits per heavy atom. The molecule has 0 unspecified atom stereocenters. The van der Waals surface area contributed by atoms with E-state index in [4.69, 9.17) is 5.73 Å². The summed E-state index contributed by atoms with van der Waals surface area (Å²) in [5, 5.41) is 5.09. The normalized spacial score (nSPS) is 14.1. The van der Waals surface area contributed by atoms with E-state index in [1.807, 2.05) is 48.8 Å². The van der Waals surface area contributed by atoms with E-state index in [1.54, 1.807) is 4.52 Å². The highest BCUT2D eigenvalue weighted by Gasteiger charge is 2.14. The highest BCUT2D eigenvalue weighted by atomic mass is 15.3. The molecule has 0 radical (unpaired) electrons. The number of nitrogens with zero attached hydrogens (tertiary/aromatic N) is 5. The maximum absolute atomic E-state index is 5.93. The highest BCUT2D eigenvalue weighted by molar-refractivity contribution is 5.98. The van der Waals surface area contributed by atoms with E-state index in [2.05, 4.69) is 26.9 Å². The molecule has 6 nitrogen and oxygen atoms in total. The summed E-state index contributed by atoms with van der Waals surface area (Å²) < 4.78 is 1.56. The fraction of sp³-hybridized carbons (Fsp3) is 0.0625. The Morgan fingerprint density at radius 3 is 2.59 bits per heavy atom. The van der Waals surface area contributed by atoms with Gasteiger partial charge in [0.2, 0.25) is 5.95 Å². The molecule has 0 saturated heterocycles. The van der Waals surface area contributed by atoms with Crippen LogP contribution in [0.3, 0.4) is 0 Å². The quantitative estimate of drug-likeness (QED) is 0.745. The van der Waals surface area contributed by atoms with Crippen LogP contribution in [-0.2, 0) is 0 Å². The molecular weight excluding hydrogens is 276 g/mol. The number of hydrogen-bond donors (Lipinski definition) is 1. The van der Waals surface area contributed by atoms with E-state index in [0.29, 0.717) is 5.95 Å². The van der Waals surface area contributed by atoms with Crippen LogP contribution in [0.2, 0.25) is 0 Å². The number of allylic oxidation sites excluding steroid dienone is 4. The topological polar surface area (TPSA) is 72.3 Å². The van der Waals surface area contributed by atoms with Crippen molar-refractivity contribution in [1.82, 2.24) is 19.6 Å². The van der Waals surface area contributed by atoms with Gasteiger partial charge in [-0.1, -0.05) is 12.2 Å². The Bertz CT molecular complexity index is 948. The lowest BCUT2D eigenvalue weighted by Gasteiger charge is -2.19. The van der Waals surface area contributed by atoms with Crippen molar-refractivity contribution in [3.8, 4) is 0 Å². The number of nitrogens with two attached hydrogens (primary N) is 1. The minimum absolute atomic E-state index is 0.339. The lowest BCUT2D eigenvalue weighted by molar-refractivity contribution is 0.950. The summed E-state index contributed by atoms with van der Waals surface area (Å²) in [5.41, 5.74) is 9.62. The number of rotatable bonds is 1. The van der Waals surface area contributed by atoms with Crippen molar-refractivity contribution < 1.29 is 0 Å².